The first-order chi connectivity index (χ1) is 14.0. The molecule has 0 heterocycles. The summed E-state index contributed by atoms with van der Waals surface area (Å²) in [7, 11) is 0. The van der Waals surface area contributed by atoms with Gasteiger partial charge in [0.2, 0.25) is 17.7 Å². The molecule has 0 saturated carbocycles. The third-order valence-electron chi connectivity index (χ3n) is 3.88. The SMILES string of the molecule is CC(C)CC(NC(=O)CNC(=O)C(N)CO)C(=O)NC(CCCN=C(N)N)C(=O)O. The van der Waals surface area contributed by atoms with Crippen LogP contribution in [-0.4, -0.2) is 77.7 Å². The van der Waals surface area contributed by atoms with Crippen LogP contribution in [0.1, 0.15) is 33.1 Å². The minimum Gasteiger partial charge on any atom is -0.480 e. The molecule has 0 aliphatic carbocycles. The van der Waals surface area contributed by atoms with Crippen molar-refractivity contribution >= 4 is 29.7 Å². The average molecular weight is 431 g/mol. The van der Waals surface area contributed by atoms with E-state index in [-0.39, 0.29) is 31.3 Å². The number of aliphatic carboxylic acids is 1. The van der Waals surface area contributed by atoms with Crippen molar-refractivity contribution in [2.45, 2.75) is 51.2 Å². The van der Waals surface area contributed by atoms with E-state index in [0.29, 0.717) is 6.42 Å². The van der Waals surface area contributed by atoms with Crippen LogP contribution < -0.4 is 33.2 Å². The Morgan fingerprint density at radius 1 is 1.03 bits per heavy atom. The standard InChI is InChI=1S/C17H33N7O6/c1-9(2)6-12(23-13(26)7-22-14(27)10(18)8-25)15(28)24-11(16(29)30)4-3-5-21-17(19)20/h9-12,25H,3-8,18H2,1-2H3,(H,22,27)(H,23,26)(H,24,28)(H,29,30)(H4,19,20,21). The molecule has 172 valence electrons. The van der Waals surface area contributed by atoms with Gasteiger partial charge in [0.1, 0.15) is 18.1 Å². The summed E-state index contributed by atoms with van der Waals surface area (Å²) < 4.78 is 0. The quantitative estimate of drug-likeness (QED) is 0.0775. The monoisotopic (exact) mass is 431 g/mol. The van der Waals surface area contributed by atoms with Crippen molar-refractivity contribution in [3.05, 3.63) is 0 Å². The van der Waals surface area contributed by atoms with E-state index in [0.717, 1.165) is 0 Å². The van der Waals surface area contributed by atoms with Gasteiger partial charge in [-0.25, -0.2) is 4.79 Å². The molecule has 0 spiro atoms. The summed E-state index contributed by atoms with van der Waals surface area (Å²) in [6.07, 6.45) is 0.671. The minimum absolute atomic E-state index is 0.0172. The van der Waals surface area contributed by atoms with Gasteiger partial charge < -0.3 is 43.4 Å². The number of aliphatic imine (C=N–C) groups is 1. The first-order valence-corrected chi connectivity index (χ1v) is 9.50. The number of carbonyl (C=O) groups excluding carboxylic acids is 3. The molecular formula is C17H33N7O6. The number of aliphatic hydroxyl groups excluding tert-OH is 1. The van der Waals surface area contributed by atoms with Crippen LogP contribution in [0, 0.1) is 5.92 Å². The Labute approximate surface area is 174 Å². The van der Waals surface area contributed by atoms with Gasteiger partial charge in [0.15, 0.2) is 5.96 Å². The van der Waals surface area contributed by atoms with Gasteiger partial charge in [0.25, 0.3) is 0 Å². The number of rotatable bonds is 14. The van der Waals surface area contributed by atoms with Crippen molar-refractivity contribution < 1.29 is 29.4 Å². The second-order valence-corrected chi connectivity index (χ2v) is 7.10. The lowest BCUT2D eigenvalue weighted by atomic mass is 10.0. The first-order valence-electron chi connectivity index (χ1n) is 9.50. The van der Waals surface area contributed by atoms with Crippen LogP contribution in [0.5, 0.6) is 0 Å². The molecule has 13 heteroatoms. The van der Waals surface area contributed by atoms with Gasteiger partial charge in [0.05, 0.1) is 13.2 Å². The van der Waals surface area contributed by atoms with Gasteiger partial charge in [-0.2, -0.15) is 0 Å². The van der Waals surface area contributed by atoms with E-state index < -0.39 is 55.0 Å². The topological polar surface area (TPSA) is 235 Å². The maximum atomic E-state index is 12.6. The number of aliphatic hydroxyl groups is 1. The molecular weight excluding hydrogens is 398 g/mol. The third-order valence-corrected chi connectivity index (χ3v) is 3.88. The largest absolute Gasteiger partial charge is 0.480 e. The zero-order valence-corrected chi connectivity index (χ0v) is 17.3. The van der Waals surface area contributed by atoms with E-state index >= 15 is 0 Å². The highest BCUT2D eigenvalue weighted by Crippen LogP contribution is 2.07. The molecule has 0 saturated heterocycles. The van der Waals surface area contributed by atoms with Crippen LogP contribution in [0.3, 0.4) is 0 Å². The molecule has 0 fully saturated rings. The number of hydrogen-bond acceptors (Lipinski definition) is 7. The second-order valence-electron chi connectivity index (χ2n) is 7.10. The molecule has 3 amide bonds. The van der Waals surface area contributed by atoms with Gasteiger partial charge in [-0.15, -0.1) is 0 Å². The third kappa shape index (κ3) is 11.8. The fourth-order valence-electron chi connectivity index (χ4n) is 2.36. The molecule has 0 aromatic carbocycles. The maximum Gasteiger partial charge on any atom is 0.326 e. The van der Waals surface area contributed by atoms with Crippen LogP contribution in [0.15, 0.2) is 4.99 Å². The van der Waals surface area contributed by atoms with Gasteiger partial charge in [0, 0.05) is 6.54 Å². The summed E-state index contributed by atoms with van der Waals surface area (Å²) >= 11 is 0. The van der Waals surface area contributed by atoms with E-state index in [1.165, 1.54) is 0 Å². The minimum atomic E-state index is -1.23. The fraction of sp³-hybridized carbons (Fsp3) is 0.706. The normalized spacial score (nSPS) is 13.6. The van der Waals surface area contributed by atoms with Gasteiger partial charge in [-0.1, -0.05) is 13.8 Å². The number of guanidine groups is 1. The van der Waals surface area contributed by atoms with E-state index in [2.05, 4.69) is 20.9 Å². The Balaban J connectivity index is 4.90. The maximum absolute atomic E-state index is 12.6. The number of hydrogen-bond donors (Lipinski definition) is 8. The molecule has 30 heavy (non-hydrogen) atoms. The van der Waals surface area contributed by atoms with Crippen LogP contribution >= 0.6 is 0 Å². The average Bonchev–Trinajstić information content (AvgIpc) is 2.66. The zero-order chi connectivity index (χ0) is 23.3. The highest BCUT2D eigenvalue weighted by Gasteiger charge is 2.27. The lowest BCUT2D eigenvalue weighted by Gasteiger charge is -2.23. The first kappa shape index (κ1) is 27.1. The number of nitrogens with two attached hydrogens (primary N) is 3. The number of carboxylic acid groups (broad SMARTS) is 1. The van der Waals surface area contributed by atoms with Crippen molar-refractivity contribution in [3.8, 4) is 0 Å². The van der Waals surface area contributed by atoms with Crippen LogP contribution in [0.2, 0.25) is 0 Å². The molecule has 0 aliphatic rings. The van der Waals surface area contributed by atoms with Crippen molar-refractivity contribution in [1.29, 1.82) is 0 Å². The summed E-state index contributed by atoms with van der Waals surface area (Å²) in [5.74, 6) is -3.36. The fourth-order valence-corrected chi connectivity index (χ4v) is 2.36. The number of amides is 3. The number of nitrogens with one attached hydrogen (secondary N) is 3. The molecule has 13 nitrogen and oxygen atoms in total. The van der Waals surface area contributed by atoms with Crippen LogP contribution in [0.25, 0.3) is 0 Å². The van der Waals surface area contributed by atoms with E-state index in [4.69, 9.17) is 22.3 Å². The van der Waals surface area contributed by atoms with Gasteiger partial charge in [-0.3, -0.25) is 19.4 Å². The zero-order valence-electron chi connectivity index (χ0n) is 17.3. The van der Waals surface area contributed by atoms with Gasteiger partial charge in [-0.05, 0) is 25.2 Å². The highest BCUT2D eigenvalue weighted by atomic mass is 16.4. The lowest BCUT2D eigenvalue weighted by molar-refractivity contribution is -0.142. The Morgan fingerprint density at radius 3 is 2.17 bits per heavy atom. The van der Waals surface area contributed by atoms with Crippen molar-refractivity contribution in [3.63, 3.8) is 0 Å². The smallest absolute Gasteiger partial charge is 0.326 e. The molecule has 3 unspecified atom stereocenters. The van der Waals surface area contributed by atoms with Crippen LogP contribution in [0.4, 0.5) is 0 Å². The Bertz CT molecular complexity index is 622. The molecule has 0 aromatic rings. The summed E-state index contributed by atoms with van der Waals surface area (Å²) in [5.41, 5.74) is 15.7. The summed E-state index contributed by atoms with van der Waals surface area (Å²) in [6.45, 7) is 2.85. The predicted octanol–water partition coefficient (Wildman–Crippen LogP) is -3.42. The van der Waals surface area contributed by atoms with E-state index in [9.17, 15) is 24.3 Å². The molecule has 0 aromatic heterocycles. The van der Waals surface area contributed by atoms with Crippen molar-refractivity contribution in [2.75, 3.05) is 19.7 Å². The van der Waals surface area contributed by atoms with Crippen LogP contribution in [-0.2, 0) is 19.2 Å². The second kappa shape index (κ2) is 14.1. The highest BCUT2D eigenvalue weighted by molar-refractivity contribution is 5.92. The molecule has 0 aliphatic heterocycles. The van der Waals surface area contributed by atoms with Crippen molar-refractivity contribution in [2.24, 2.45) is 28.1 Å². The van der Waals surface area contributed by atoms with Gasteiger partial charge >= 0.3 is 5.97 Å². The van der Waals surface area contributed by atoms with E-state index in [1.54, 1.807) is 0 Å². The number of carboxylic acids is 1. The molecule has 11 N–H and O–H groups in total. The van der Waals surface area contributed by atoms with E-state index in [1.807, 2.05) is 13.8 Å². The van der Waals surface area contributed by atoms with Crippen molar-refractivity contribution in [1.82, 2.24) is 16.0 Å². The molecule has 0 bridgehead atoms. The molecule has 3 atom stereocenters. The summed E-state index contributed by atoms with van der Waals surface area (Å²) in [6, 6.07) is -3.34. The Hall–Kier alpha value is -2.93. The molecule has 0 radical (unpaired) electrons. The summed E-state index contributed by atoms with van der Waals surface area (Å²) in [5, 5.41) is 25.3. The Kier molecular flexibility index (Phi) is 12.7. The predicted molar refractivity (Wildman–Crippen MR) is 109 cm³/mol. The summed E-state index contributed by atoms with van der Waals surface area (Å²) in [4.78, 5) is 51.4. The molecule has 0 rings (SSSR count). The number of nitrogens with zero attached hydrogens (tertiary/aromatic N) is 1. The lowest BCUT2D eigenvalue weighted by Crippen LogP contribution is -2.54. The Morgan fingerprint density at radius 2 is 1.67 bits per heavy atom. The number of carbonyl (C=O) groups is 4.